The molecule has 0 atom stereocenters. The maximum Gasteiger partial charge on any atom is 0.274 e. The predicted octanol–water partition coefficient (Wildman–Crippen LogP) is 2.45. The number of rotatable bonds is 6. The van der Waals surface area contributed by atoms with Crippen molar-refractivity contribution in [1.29, 1.82) is 0 Å². The second-order valence-electron chi connectivity index (χ2n) is 6.85. The van der Waals surface area contributed by atoms with E-state index in [0.717, 1.165) is 16.8 Å². The molecule has 0 aliphatic carbocycles. The highest BCUT2D eigenvalue weighted by atomic mass is 16.2. The number of benzene rings is 2. The maximum atomic E-state index is 12.6. The number of nitrogens with zero attached hydrogens (tertiary/aromatic N) is 6. The van der Waals surface area contributed by atoms with Gasteiger partial charge in [-0.3, -0.25) is 4.79 Å². The lowest BCUT2D eigenvalue weighted by Gasteiger charge is -2.04. The fourth-order valence-electron chi connectivity index (χ4n) is 2.99. The molecule has 0 aliphatic rings. The Morgan fingerprint density at radius 3 is 2.48 bits per heavy atom. The smallest absolute Gasteiger partial charge is 0.274 e. The number of hydrogen-bond donors (Lipinski definition) is 1. The summed E-state index contributed by atoms with van der Waals surface area (Å²) in [5, 5.41) is 19.2. The molecular formula is C21H21N7O. The van der Waals surface area contributed by atoms with Gasteiger partial charge in [-0.1, -0.05) is 58.5 Å². The van der Waals surface area contributed by atoms with E-state index in [-0.39, 0.29) is 12.5 Å². The number of nitrogens with one attached hydrogen (secondary N) is 1. The number of aryl methyl sites for hydroxylation is 1. The van der Waals surface area contributed by atoms with Crippen molar-refractivity contribution in [1.82, 2.24) is 35.3 Å². The maximum absolute atomic E-state index is 12.6. The van der Waals surface area contributed by atoms with Gasteiger partial charge in [-0.05, 0) is 31.5 Å². The minimum Gasteiger partial charge on any atom is -0.345 e. The van der Waals surface area contributed by atoms with Crippen molar-refractivity contribution in [2.45, 2.75) is 26.9 Å². The third-order valence-electron chi connectivity index (χ3n) is 4.59. The molecule has 0 spiro atoms. The highest BCUT2D eigenvalue weighted by molar-refractivity contribution is 5.93. The van der Waals surface area contributed by atoms with Crippen LogP contribution in [0.25, 0.3) is 5.69 Å². The van der Waals surface area contributed by atoms with E-state index in [2.05, 4.69) is 25.9 Å². The molecule has 0 radical (unpaired) electrons. The van der Waals surface area contributed by atoms with Crippen molar-refractivity contribution in [2.75, 3.05) is 0 Å². The molecule has 8 nitrogen and oxygen atoms in total. The molecule has 29 heavy (non-hydrogen) atoms. The van der Waals surface area contributed by atoms with Gasteiger partial charge in [0.15, 0.2) is 5.69 Å². The Hall–Kier alpha value is -3.81. The first-order valence-electron chi connectivity index (χ1n) is 9.30. The van der Waals surface area contributed by atoms with Crippen LogP contribution in [0.2, 0.25) is 0 Å². The molecule has 0 saturated carbocycles. The van der Waals surface area contributed by atoms with Crippen molar-refractivity contribution >= 4 is 5.91 Å². The quantitative estimate of drug-likeness (QED) is 0.549. The Morgan fingerprint density at radius 1 is 0.966 bits per heavy atom. The first-order valence-corrected chi connectivity index (χ1v) is 9.30. The molecule has 1 amide bonds. The SMILES string of the molecule is Cc1ccc(-n2nnc(C(=O)NCc3cn(Cc4ccccc4)nn3)c2C)cc1. The van der Waals surface area contributed by atoms with Gasteiger partial charge in [-0.2, -0.15) is 0 Å². The molecule has 4 rings (SSSR count). The molecule has 0 saturated heterocycles. The van der Waals surface area contributed by atoms with E-state index in [4.69, 9.17) is 0 Å². The monoisotopic (exact) mass is 387 g/mol. The van der Waals surface area contributed by atoms with Crippen molar-refractivity contribution < 1.29 is 4.79 Å². The minimum atomic E-state index is -0.293. The summed E-state index contributed by atoms with van der Waals surface area (Å²) in [6.45, 7) is 4.74. The van der Waals surface area contributed by atoms with Crippen molar-refractivity contribution in [3.63, 3.8) is 0 Å². The van der Waals surface area contributed by atoms with Gasteiger partial charge < -0.3 is 5.32 Å². The second kappa shape index (κ2) is 8.05. The highest BCUT2D eigenvalue weighted by Gasteiger charge is 2.17. The molecule has 4 aromatic rings. The molecule has 2 aromatic heterocycles. The first-order chi connectivity index (χ1) is 14.1. The number of amides is 1. The van der Waals surface area contributed by atoms with Crippen LogP contribution < -0.4 is 5.32 Å². The largest absolute Gasteiger partial charge is 0.345 e. The van der Waals surface area contributed by atoms with Gasteiger partial charge in [-0.15, -0.1) is 10.2 Å². The van der Waals surface area contributed by atoms with Gasteiger partial charge in [0.05, 0.1) is 30.7 Å². The zero-order valence-electron chi connectivity index (χ0n) is 16.3. The molecule has 1 N–H and O–H groups in total. The third-order valence-corrected chi connectivity index (χ3v) is 4.59. The number of hydrogen-bond acceptors (Lipinski definition) is 5. The van der Waals surface area contributed by atoms with Crippen LogP contribution in [0.3, 0.4) is 0 Å². The predicted molar refractivity (Wildman–Crippen MR) is 108 cm³/mol. The molecule has 0 bridgehead atoms. The Morgan fingerprint density at radius 2 is 1.72 bits per heavy atom. The fraction of sp³-hybridized carbons (Fsp3) is 0.190. The third kappa shape index (κ3) is 4.21. The van der Waals surface area contributed by atoms with Crippen LogP contribution in [0.4, 0.5) is 0 Å². The molecule has 146 valence electrons. The summed E-state index contributed by atoms with van der Waals surface area (Å²) in [5.41, 5.74) is 4.81. The Kier molecular flexibility index (Phi) is 5.15. The van der Waals surface area contributed by atoms with E-state index in [9.17, 15) is 4.79 Å². The molecule has 8 heteroatoms. The van der Waals surface area contributed by atoms with E-state index in [1.54, 1.807) is 9.36 Å². The van der Waals surface area contributed by atoms with Crippen molar-refractivity contribution in [3.05, 3.63) is 89.0 Å². The summed E-state index contributed by atoms with van der Waals surface area (Å²) >= 11 is 0. The number of carbonyl (C=O) groups is 1. The lowest BCUT2D eigenvalue weighted by molar-refractivity contribution is 0.0944. The molecule has 0 unspecified atom stereocenters. The highest BCUT2D eigenvalue weighted by Crippen LogP contribution is 2.13. The molecule has 2 aromatic carbocycles. The summed E-state index contributed by atoms with van der Waals surface area (Å²) < 4.78 is 3.40. The Labute approximate surface area is 168 Å². The Balaban J connectivity index is 1.40. The minimum absolute atomic E-state index is 0.268. The average Bonchev–Trinajstić information content (AvgIpc) is 3.34. The van der Waals surface area contributed by atoms with Gasteiger partial charge in [0.1, 0.15) is 5.69 Å². The van der Waals surface area contributed by atoms with Gasteiger partial charge in [0.2, 0.25) is 0 Å². The summed E-state index contributed by atoms with van der Waals surface area (Å²) in [7, 11) is 0. The van der Waals surface area contributed by atoms with Crippen LogP contribution in [0.1, 0.15) is 33.0 Å². The molecular weight excluding hydrogens is 366 g/mol. The number of aromatic nitrogens is 6. The summed E-state index contributed by atoms with van der Waals surface area (Å²) in [5.74, 6) is -0.293. The molecule has 0 aliphatic heterocycles. The van der Waals surface area contributed by atoms with Crippen LogP contribution in [-0.4, -0.2) is 35.9 Å². The van der Waals surface area contributed by atoms with Gasteiger partial charge in [0.25, 0.3) is 5.91 Å². The summed E-state index contributed by atoms with van der Waals surface area (Å²) in [6.07, 6.45) is 1.82. The second-order valence-corrected chi connectivity index (χ2v) is 6.85. The van der Waals surface area contributed by atoms with Crippen LogP contribution in [-0.2, 0) is 13.1 Å². The fourth-order valence-corrected chi connectivity index (χ4v) is 2.99. The van der Waals surface area contributed by atoms with Gasteiger partial charge in [-0.25, -0.2) is 9.36 Å². The first kappa shape index (κ1) is 18.5. The van der Waals surface area contributed by atoms with E-state index in [1.807, 2.05) is 74.6 Å². The Bertz CT molecular complexity index is 1110. The average molecular weight is 387 g/mol. The zero-order valence-corrected chi connectivity index (χ0v) is 16.3. The normalized spacial score (nSPS) is 10.8. The van der Waals surface area contributed by atoms with E-state index >= 15 is 0 Å². The van der Waals surface area contributed by atoms with Gasteiger partial charge >= 0.3 is 0 Å². The number of carbonyl (C=O) groups excluding carboxylic acids is 1. The molecule has 2 heterocycles. The zero-order chi connectivity index (χ0) is 20.2. The summed E-state index contributed by atoms with van der Waals surface area (Å²) in [4.78, 5) is 12.6. The van der Waals surface area contributed by atoms with Crippen LogP contribution in [0, 0.1) is 13.8 Å². The summed E-state index contributed by atoms with van der Waals surface area (Å²) in [6, 6.07) is 17.9. The van der Waals surface area contributed by atoms with E-state index < -0.39 is 0 Å². The van der Waals surface area contributed by atoms with Gasteiger partial charge in [0, 0.05) is 0 Å². The lowest BCUT2D eigenvalue weighted by atomic mass is 10.2. The van der Waals surface area contributed by atoms with Crippen molar-refractivity contribution in [2.24, 2.45) is 0 Å². The van der Waals surface area contributed by atoms with Crippen molar-refractivity contribution in [3.8, 4) is 5.69 Å². The van der Waals surface area contributed by atoms with Crippen LogP contribution >= 0.6 is 0 Å². The van der Waals surface area contributed by atoms with Crippen LogP contribution in [0.5, 0.6) is 0 Å². The van der Waals surface area contributed by atoms with Crippen LogP contribution in [0.15, 0.2) is 60.8 Å². The molecule has 0 fully saturated rings. The lowest BCUT2D eigenvalue weighted by Crippen LogP contribution is -2.24. The topological polar surface area (TPSA) is 90.5 Å². The van der Waals surface area contributed by atoms with E-state index in [0.29, 0.717) is 23.6 Å². The van der Waals surface area contributed by atoms with E-state index in [1.165, 1.54) is 0 Å². The standard InChI is InChI=1S/C21H21N7O/c1-15-8-10-19(11-9-15)28-16(2)20(24-26-28)21(29)22-12-18-14-27(25-23-18)13-17-6-4-3-5-7-17/h3-11,14H,12-13H2,1-2H3,(H,22,29).